The van der Waals surface area contributed by atoms with Crippen molar-refractivity contribution in [3.63, 3.8) is 0 Å². The molecule has 302 valence electrons. The number of aromatic nitrogens is 5. The van der Waals surface area contributed by atoms with Gasteiger partial charge in [0.2, 0.25) is 5.95 Å². The molecular weight excluding hydrogens is 710 g/mol. The van der Waals surface area contributed by atoms with E-state index in [4.69, 9.17) is 38.1 Å². The Morgan fingerprint density at radius 3 is 1.98 bits per heavy atom. The van der Waals surface area contributed by atoms with Crippen LogP contribution in [-0.4, -0.2) is 128 Å². The summed E-state index contributed by atoms with van der Waals surface area (Å²) in [6, 6.07) is 9.08. The maximum atomic E-state index is 12.6. The van der Waals surface area contributed by atoms with Gasteiger partial charge in [0.1, 0.15) is 11.2 Å². The molecule has 3 heterocycles. The van der Waals surface area contributed by atoms with Crippen molar-refractivity contribution in [1.82, 2.24) is 30.0 Å². The predicted octanol–water partition coefficient (Wildman–Crippen LogP) is 4.93. The highest BCUT2D eigenvalue weighted by Crippen LogP contribution is 2.27. The zero-order valence-electron chi connectivity index (χ0n) is 32.6. The van der Waals surface area contributed by atoms with Crippen molar-refractivity contribution >= 4 is 34.5 Å². The molecule has 0 saturated carbocycles. The van der Waals surface area contributed by atoms with Crippen LogP contribution in [0.5, 0.6) is 0 Å². The molecule has 4 aromatic rings. The van der Waals surface area contributed by atoms with Crippen LogP contribution >= 0.6 is 0 Å². The van der Waals surface area contributed by atoms with E-state index in [1.807, 2.05) is 62.2 Å². The summed E-state index contributed by atoms with van der Waals surface area (Å²) in [5.74, 6) is 0.0382. The lowest BCUT2D eigenvalue weighted by Crippen LogP contribution is -2.27. The minimum Gasteiger partial charge on any atom is -0.460 e. The Morgan fingerprint density at radius 1 is 0.782 bits per heavy atom. The van der Waals surface area contributed by atoms with Gasteiger partial charge in [-0.2, -0.15) is 10.1 Å². The van der Waals surface area contributed by atoms with Gasteiger partial charge in [-0.15, -0.1) is 0 Å². The minimum atomic E-state index is -0.459. The molecule has 0 aliphatic heterocycles. The molecule has 0 radical (unpaired) electrons. The lowest BCUT2D eigenvalue weighted by Gasteiger charge is -2.19. The molecule has 55 heavy (non-hydrogen) atoms. The Bertz CT molecular complexity index is 1690. The Balaban J connectivity index is 0.949. The highest BCUT2D eigenvalue weighted by Gasteiger charge is 2.16. The molecule has 3 N–H and O–H groups in total. The number of carbonyl (C=O) groups is 2. The largest absolute Gasteiger partial charge is 0.460 e. The first-order chi connectivity index (χ1) is 26.7. The fraction of sp³-hybridized carbons (Fsp3) is 0.564. The van der Waals surface area contributed by atoms with E-state index in [0.29, 0.717) is 110 Å². The number of benzene rings is 1. The first-order valence-electron chi connectivity index (χ1n) is 18.9. The van der Waals surface area contributed by atoms with Crippen molar-refractivity contribution < 1.29 is 42.7 Å². The van der Waals surface area contributed by atoms with E-state index < -0.39 is 5.60 Å². The molecule has 3 aromatic heterocycles. The number of carbonyl (C=O) groups excluding carboxylic acids is 2. The van der Waals surface area contributed by atoms with Crippen molar-refractivity contribution in [2.45, 2.75) is 59.1 Å². The van der Waals surface area contributed by atoms with Gasteiger partial charge in [0.25, 0.3) is 5.91 Å². The summed E-state index contributed by atoms with van der Waals surface area (Å²) in [4.78, 5) is 36.8. The number of nitrogens with zero attached hydrogens (tertiary/aromatic N) is 4. The van der Waals surface area contributed by atoms with Crippen LogP contribution in [0.25, 0.3) is 22.3 Å². The van der Waals surface area contributed by atoms with E-state index in [2.05, 4.69) is 32.6 Å². The van der Waals surface area contributed by atoms with Crippen LogP contribution in [0.2, 0.25) is 0 Å². The van der Waals surface area contributed by atoms with Crippen LogP contribution < -0.4 is 10.6 Å². The van der Waals surface area contributed by atoms with Crippen LogP contribution in [-0.2, 0) is 44.5 Å². The molecule has 0 aliphatic rings. The van der Waals surface area contributed by atoms with E-state index in [9.17, 15) is 9.59 Å². The van der Waals surface area contributed by atoms with Crippen LogP contribution in [0, 0.1) is 0 Å². The third-order valence-corrected chi connectivity index (χ3v) is 7.66. The average Bonchev–Trinajstić information content (AvgIpc) is 3.83. The Morgan fingerprint density at radius 2 is 1.38 bits per heavy atom. The van der Waals surface area contributed by atoms with E-state index in [-0.39, 0.29) is 11.9 Å². The van der Waals surface area contributed by atoms with Gasteiger partial charge in [-0.25, -0.2) is 4.98 Å². The summed E-state index contributed by atoms with van der Waals surface area (Å²) in [6.45, 7) is 14.3. The second-order valence-electron chi connectivity index (χ2n) is 13.5. The molecule has 0 saturated heterocycles. The number of aromatic amines is 1. The zero-order valence-corrected chi connectivity index (χ0v) is 32.6. The Labute approximate surface area is 322 Å². The molecule has 0 fully saturated rings. The highest BCUT2D eigenvalue weighted by atomic mass is 16.6. The van der Waals surface area contributed by atoms with Gasteiger partial charge in [-0.05, 0) is 63.9 Å². The van der Waals surface area contributed by atoms with Crippen molar-refractivity contribution in [1.29, 1.82) is 0 Å². The summed E-state index contributed by atoms with van der Waals surface area (Å²) in [6.07, 6.45) is 7.61. The molecule has 0 aliphatic carbocycles. The fourth-order valence-electron chi connectivity index (χ4n) is 5.14. The number of rotatable bonds is 28. The van der Waals surface area contributed by atoms with Crippen molar-refractivity contribution in [3.8, 4) is 11.3 Å². The molecule has 0 unspecified atom stereocenters. The lowest BCUT2D eigenvalue weighted by molar-refractivity contribution is -0.155. The van der Waals surface area contributed by atoms with Crippen LogP contribution in [0.3, 0.4) is 0 Å². The van der Waals surface area contributed by atoms with Gasteiger partial charge in [0.05, 0.1) is 84.6 Å². The fourth-order valence-corrected chi connectivity index (χ4v) is 5.14. The highest BCUT2D eigenvalue weighted by molar-refractivity contribution is 5.94. The Hall–Kier alpha value is -4.45. The van der Waals surface area contributed by atoms with E-state index in [1.54, 1.807) is 12.1 Å². The number of nitrogens with one attached hydrogen (secondary N) is 3. The summed E-state index contributed by atoms with van der Waals surface area (Å²) in [5.41, 5.74) is 3.25. The van der Waals surface area contributed by atoms with E-state index in [0.717, 1.165) is 40.9 Å². The zero-order chi connectivity index (χ0) is 39.1. The number of hydrogen-bond acceptors (Lipinski definition) is 13. The first-order valence-corrected chi connectivity index (χ1v) is 18.9. The smallest absolute Gasteiger partial charge is 0.306 e. The number of fused-ring (bicyclic) bond motifs is 1. The van der Waals surface area contributed by atoms with Crippen molar-refractivity contribution in [2.75, 3.05) is 91.1 Å². The van der Waals surface area contributed by atoms with Gasteiger partial charge in [0.15, 0.2) is 0 Å². The Kier molecular flexibility index (Phi) is 19.0. The second-order valence-corrected chi connectivity index (χ2v) is 13.5. The lowest BCUT2D eigenvalue weighted by atomic mass is 10.2. The number of aryl methyl sites for hydroxylation is 1. The molecule has 1 amide bonds. The summed E-state index contributed by atoms with van der Waals surface area (Å²) < 4.78 is 40.2. The molecule has 4 rings (SSSR count). The number of hydrogen-bond donors (Lipinski definition) is 3. The van der Waals surface area contributed by atoms with Gasteiger partial charge in [-0.3, -0.25) is 14.3 Å². The average molecular weight is 768 g/mol. The summed E-state index contributed by atoms with van der Waals surface area (Å²) in [7, 11) is 0. The predicted molar refractivity (Wildman–Crippen MR) is 207 cm³/mol. The standard InChI is InChI=1S/C39H57N7O9/c1-5-15-46-29-31(28-42-46)35-33-12-13-40-36(33)45-38(44-35)43-32-10-8-30(9-11-32)37(48)41-14-17-50-19-21-52-23-25-54-27-26-53-24-22-51-20-18-49-16-6-7-34(47)55-39(2,3)4/h8-13,28-29H,5-7,14-27H2,1-4H3,(H,41,48)(H2,40,43,44,45). The van der Waals surface area contributed by atoms with Gasteiger partial charge < -0.3 is 48.8 Å². The topological polar surface area (TPSA) is 182 Å². The van der Waals surface area contributed by atoms with Gasteiger partial charge in [-0.1, -0.05) is 6.92 Å². The van der Waals surface area contributed by atoms with Crippen LogP contribution in [0.15, 0.2) is 48.9 Å². The normalized spacial score (nSPS) is 11.6. The molecule has 16 heteroatoms. The number of esters is 1. The second kappa shape index (κ2) is 24.1. The van der Waals surface area contributed by atoms with Gasteiger partial charge in [0, 0.05) is 60.7 Å². The molecular formula is C39H57N7O9. The third kappa shape index (κ3) is 16.8. The number of H-pyrrole nitrogens is 1. The monoisotopic (exact) mass is 767 g/mol. The maximum Gasteiger partial charge on any atom is 0.306 e. The SMILES string of the molecule is CCCn1cc(-c2nc(Nc3ccc(C(=O)NCCOCCOCCOCCOCCOCCOCCCC(=O)OC(C)(C)C)cc3)nc3[nH]ccc23)cn1. The van der Waals surface area contributed by atoms with E-state index >= 15 is 0 Å². The molecule has 16 nitrogen and oxygen atoms in total. The minimum absolute atomic E-state index is 0.190. The van der Waals surface area contributed by atoms with Crippen molar-refractivity contribution in [3.05, 3.63) is 54.5 Å². The maximum absolute atomic E-state index is 12.6. The molecule has 1 aromatic carbocycles. The first kappa shape index (κ1) is 43.3. The summed E-state index contributed by atoms with van der Waals surface area (Å²) in [5, 5.41) is 11.5. The quantitative estimate of drug-likeness (QED) is 0.0524. The number of anilines is 2. The number of amides is 1. The molecule has 0 atom stereocenters. The molecule has 0 spiro atoms. The van der Waals surface area contributed by atoms with Crippen LogP contribution in [0.4, 0.5) is 11.6 Å². The van der Waals surface area contributed by atoms with Gasteiger partial charge >= 0.3 is 5.97 Å². The van der Waals surface area contributed by atoms with Crippen molar-refractivity contribution in [2.24, 2.45) is 0 Å². The summed E-state index contributed by atoms with van der Waals surface area (Å²) >= 11 is 0. The van der Waals surface area contributed by atoms with E-state index in [1.165, 1.54) is 0 Å². The van der Waals surface area contributed by atoms with Crippen LogP contribution in [0.1, 0.15) is 57.3 Å². The molecule has 0 bridgehead atoms. The number of ether oxygens (including phenoxy) is 7. The third-order valence-electron chi connectivity index (χ3n) is 7.66.